The second-order valence-corrected chi connectivity index (χ2v) is 6.88. The van der Waals surface area contributed by atoms with Crippen LogP contribution in [0.25, 0.3) is 0 Å². The molecule has 2 rings (SSSR count). The van der Waals surface area contributed by atoms with Crippen LogP contribution in [0.1, 0.15) is 50.8 Å². The van der Waals surface area contributed by atoms with Crippen molar-refractivity contribution in [3.8, 4) is 0 Å². The molecule has 1 aliphatic rings. The average molecular weight is 278 g/mol. The number of nitrogens with one attached hydrogen (secondary N) is 1. The van der Waals surface area contributed by atoms with Crippen LogP contribution in [0.5, 0.6) is 0 Å². The van der Waals surface area contributed by atoms with Crippen molar-refractivity contribution in [2.45, 2.75) is 57.2 Å². The van der Waals surface area contributed by atoms with E-state index < -0.39 is 0 Å². The topological polar surface area (TPSA) is 24.9 Å². The number of hydrogen-bond acceptors (Lipinski definition) is 3. The van der Waals surface area contributed by atoms with E-state index in [0.717, 1.165) is 11.8 Å². The molecule has 1 heterocycles. The standard InChI is InChI=1S/C16H26N2S/c1-4-12(3)19-11-15(17-5-2)14-9-8-13-7-6-10-18-16(13)14/h6-7,10,12,14-15,17H,4-5,8-9,11H2,1-3H3. The van der Waals surface area contributed by atoms with Gasteiger partial charge in [-0.05, 0) is 37.4 Å². The molecule has 1 aliphatic carbocycles. The fourth-order valence-corrected chi connectivity index (χ4v) is 3.92. The van der Waals surface area contributed by atoms with Crippen LogP contribution in [0, 0.1) is 0 Å². The van der Waals surface area contributed by atoms with Gasteiger partial charge in [0, 0.05) is 34.9 Å². The Balaban J connectivity index is 2.03. The van der Waals surface area contributed by atoms with Gasteiger partial charge in [0.25, 0.3) is 0 Å². The first-order chi connectivity index (χ1) is 9.26. The average Bonchev–Trinajstić information content (AvgIpc) is 2.87. The number of hydrogen-bond donors (Lipinski definition) is 1. The molecule has 1 aromatic heterocycles. The number of rotatable bonds is 7. The first-order valence-corrected chi connectivity index (χ1v) is 8.59. The second kappa shape index (κ2) is 7.30. The fraction of sp³-hybridized carbons (Fsp3) is 0.688. The maximum atomic E-state index is 4.64. The van der Waals surface area contributed by atoms with E-state index in [4.69, 9.17) is 0 Å². The van der Waals surface area contributed by atoms with Gasteiger partial charge in [0.2, 0.25) is 0 Å². The van der Waals surface area contributed by atoms with Crippen molar-refractivity contribution in [2.75, 3.05) is 12.3 Å². The van der Waals surface area contributed by atoms with Gasteiger partial charge >= 0.3 is 0 Å². The van der Waals surface area contributed by atoms with E-state index in [-0.39, 0.29) is 0 Å². The summed E-state index contributed by atoms with van der Waals surface area (Å²) in [6, 6.07) is 4.88. The van der Waals surface area contributed by atoms with Crippen LogP contribution in [0.15, 0.2) is 18.3 Å². The molecule has 2 nitrogen and oxygen atoms in total. The lowest BCUT2D eigenvalue weighted by atomic mass is 9.98. The van der Waals surface area contributed by atoms with Gasteiger partial charge in [-0.3, -0.25) is 4.98 Å². The van der Waals surface area contributed by atoms with Gasteiger partial charge in [0.1, 0.15) is 0 Å². The maximum absolute atomic E-state index is 4.64. The number of likely N-dealkylation sites (N-methyl/N-ethyl adjacent to an activating group) is 1. The van der Waals surface area contributed by atoms with Crippen molar-refractivity contribution in [1.82, 2.24) is 10.3 Å². The third-order valence-corrected chi connectivity index (χ3v) is 5.54. The Labute approximate surface area is 121 Å². The van der Waals surface area contributed by atoms with Crippen molar-refractivity contribution >= 4 is 11.8 Å². The number of fused-ring (bicyclic) bond motifs is 1. The summed E-state index contributed by atoms with van der Waals surface area (Å²) in [5.74, 6) is 1.80. The van der Waals surface area contributed by atoms with Crippen LogP contribution in [0.3, 0.4) is 0 Å². The van der Waals surface area contributed by atoms with Gasteiger partial charge in [0.15, 0.2) is 0 Å². The lowest BCUT2D eigenvalue weighted by Gasteiger charge is -2.25. The van der Waals surface area contributed by atoms with E-state index in [1.807, 2.05) is 6.20 Å². The highest BCUT2D eigenvalue weighted by molar-refractivity contribution is 7.99. The summed E-state index contributed by atoms with van der Waals surface area (Å²) in [7, 11) is 0. The van der Waals surface area contributed by atoms with Gasteiger partial charge in [-0.25, -0.2) is 0 Å². The number of aromatic nitrogens is 1. The third kappa shape index (κ3) is 3.73. The summed E-state index contributed by atoms with van der Waals surface area (Å²) in [6.07, 6.45) is 5.65. The highest BCUT2D eigenvalue weighted by Gasteiger charge is 2.30. The molecule has 19 heavy (non-hydrogen) atoms. The maximum Gasteiger partial charge on any atom is 0.0482 e. The molecule has 0 radical (unpaired) electrons. The zero-order valence-electron chi connectivity index (χ0n) is 12.4. The highest BCUT2D eigenvalue weighted by Crippen LogP contribution is 2.35. The third-order valence-electron chi connectivity index (χ3n) is 4.09. The molecule has 1 aromatic rings. The normalized spacial score (nSPS) is 21.1. The molecule has 106 valence electrons. The summed E-state index contributed by atoms with van der Waals surface area (Å²) in [4.78, 5) is 4.64. The Hall–Kier alpha value is -0.540. The van der Waals surface area contributed by atoms with E-state index in [0.29, 0.717) is 12.0 Å². The number of nitrogens with zero attached hydrogens (tertiary/aromatic N) is 1. The van der Waals surface area contributed by atoms with Crippen molar-refractivity contribution in [3.63, 3.8) is 0 Å². The summed E-state index contributed by atoms with van der Waals surface area (Å²) in [6.45, 7) is 7.85. The molecule has 0 saturated carbocycles. The highest BCUT2D eigenvalue weighted by atomic mass is 32.2. The Bertz CT molecular complexity index is 394. The van der Waals surface area contributed by atoms with Crippen LogP contribution in [-0.2, 0) is 6.42 Å². The monoisotopic (exact) mass is 278 g/mol. The molecule has 0 amide bonds. The SMILES string of the molecule is CCNC(CSC(C)CC)C1CCc2cccnc21. The molecule has 0 saturated heterocycles. The van der Waals surface area contributed by atoms with Gasteiger partial charge in [-0.15, -0.1) is 0 Å². The molecule has 0 spiro atoms. The van der Waals surface area contributed by atoms with E-state index in [9.17, 15) is 0 Å². The Morgan fingerprint density at radius 2 is 2.32 bits per heavy atom. The molecule has 0 fully saturated rings. The summed E-state index contributed by atoms with van der Waals surface area (Å²) >= 11 is 2.10. The van der Waals surface area contributed by atoms with Gasteiger partial charge < -0.3 is 5.32 Å². The molecule has 0 aliphatic heterocycles. The van der Waals surface area contributed by atoms with Crippen LogP contribution in [0.4, 0.5) is 0 Å². The zero-order chi connectivity index (χ0) is 13.7. The van der Waals surface area contributed by atoms with Gasteiger partial charge in [0.05, 0.1) is 0 Å². The van der Waals surface area contributed by atoms with Crippen LogP contribution in [0.2, 0.25) is 0 Å². The molecule has 1 N–H and O–H groups in total. The van der Waals surface area contributed by atoms with Crippen LogP contribution >= 0.6 is 11.8 Å². The predicted molar refractivity (Wildman–Crippen MR) is 85.0 cm³/mol. The fourth-order valence-electron chi connectivity index (χ4n) is 2.80. The quantitative estimate of drug-likeness (QED) is 0.824. The predicted octanol–water partition coefficient (Wildman–Crippen LogP) is 3.62. The minimum absolute atomic E-state index is 0.570. The second-order valence-electron chi connectivity index (χ2n) is 5.41. The van der Waals surface area contributed by atoms with E-state index in [2.05, 4.69) is 55.0 Å². The lowest BCUT2D eigenvalue weighted by Crippen LogP contribution is -2.37. The van der Waals surface area contributed by atoms with Crippen molar-refractivity contribution in [3.05, 3.63) is 29.6 Å². The van der Waals surface area contributed by atoms with E-state index in [1.54, 1.807) is 0 Å². The summed E-state index contributed by atoms with van der Waals surface area (Å²) in [5.41, 5.74) is 2.81. The minimum atomic E-state index is 0.570. The zero-order valence-corrected chi connectivity index (χ0v) is 13.2. The number of thioether (sulfide) groups is 1. The van der Waals surface area contributed by atoms with Crippen molar-refractivity contribution < 1.29 is 0 Å². The summed E-state index contributed by atoms with van der Waals surface area (Å²) < 4.78 is 0. The Morgan fingerprint density at radius 1 is 1.47 bits per heavy atom. The van der Waals surface area contributed by atoms with Crippen LogP contribution in [-0.4, -0.2) is 28.6 Å². The molecule has 3 heteroatoms. The molecular weight excluding hydrogens is 252 g/mol. The lowest BCUT2D eigenvalue weighted by molar-refractivity contribution is 0.468. The van der Waals surface area contributed by atoms with Crippen molar-refractivity contribution in [2.24, 2.45) is 0 Å². The minimum Gasteiger partial charge on any atom is -0.313 e. The van der Waals surface area contributed by atoms with Gasteiger partial charge in [-0.1, -0.05) is 26.8 Å². The Morgan fingerprint density at radius 3 is 3.05 bits per heavy atom. The first kappa shape index (κ1) is 14.9. The molecule has 0 bridgehead atoms. The smallest absolute Gasteiger partial charge is 0.0482 e. The largest absolute Gasteiger partial charge is 0.313 e. The van der Waals surface area contributed by atoms with Crippen LogP contribution < -0.4 is 5.32 Å². The molecular formula is C16H26N2S. The van der Waals surface area contributed by atoms with Crippen molar-refractivity contribution in [1.29, 1.82) is 0 Å². The van der Waals surface area contributed by atoms with E-state index >= 15 is 0 Å². The van der Waals surface area contributed by atoms with Gasteiger partial charge in [-0.2, -0.15) is 11.8 Å². The molecule has 0 aromatic carbocycles. The molecule has 3 unspecified atom stereocenters. The number of aryl methyl sites for hydroxylation is 1. The molecule has 3 atom stereocenters. The Kier molecular flexibility index (Phi) is 5.71. The number of pyridine rings is 1. The summed E-state index contributed by atoms with van der Waals surface area (Å²) in [5, 5.41) is 4.44. The van der Waals surface area contributed by atoms with E-state index in [1.165, 1.54) is 36.3 Å². The first-order valence-electron chi connectivity index (χ1n) is 7.55.